The Balaban J connectivity index is 0.745. The average Bonchev–Trinajstić information content (AvgIpc) is 3.99. The largest absolute Gasteiger partial charge is 0.489 e. The summed E-state index contributed by atoms with van der Waals surface area (Å²) in [5, 5.41) is 14.0. The zero-order chi connectivity index (χ0) is 47.4. The van der Waals surface area contributed by atoms with Crippen molar-refractivity contribution in [3.8, 4) is 35.2 Å². The zero-order valence-electron chi connectivity index (χ0n) is 38.1. The van der Waals surface area contributed by atoms with Crippen molar-refractivity contribution in [3.05, 3.63) is 144 Å². The molecule has 17 heteroatoms. The number of nitrogens with one attached hydrogen (secondary N) is 2. The van der Waals surface area contributed by atoms with Gasteiger partial charge in [0, 0.05) is 38.1 Å². The van der Waals surface area contributed by atoms with E-state index >= 15 is 0 Å². The molecule has 0 saturated carbocycles. The molecule has 68 heavy (non-hydrogen) atoms. The molecular formula is C51H51N11O6. The van der Waals surface area contributed by atoms with Gasteiger partial charge in [0.05, 0.1) is 24.5 Å². The highest BCUT2D eigenvalue weighted by Crippen LogP contribution is 2.33. The maximum atomic E-state index is 13.5. The van der Waals surface area contributed by atoms with Gasteiger partial charge in [-0.3, -0.25) is 19.2 Å². The van der Waals surface area contributed by atoms with Crippen LogP contribution in [0, 0.1) is 23.7 Å². The summed E-state index contributed by atoms with van der Waals surface area (Å²) in [6.45, 7) is 2.58. The van der Waals surface area contributed by atoms with Crippen molar-refractivity contribution in [1.29, 1.82) is 0 Å². The second-order valence-corrected chi connectivity index (χ2v) is 16.5. The molecule has 4 heterocycles. The third-order valence-corrected chi connectivity index (χ3v) is 11.3. The third-order valence-electron chi connectivity index (χ3n) is 11.3. The number of fused-ring (bicyclic) bond motifs is 2. The molecule has 0 fully saturated rings. The Morgan fingerprint density at radius 2 is 1.07 bits per heavy atom. The molecule has 0 saturated heterocycles. The van der Waals surface area contributed by atoms with Crippen LogP contribution in [0.1, 0.15) is 69.2 Å². The van der Waals surface area contributed by atoms with E-state index in [1.807, 2.05) is 84.9 Å². The van der Waals surface area contributed by atoms with Crippen molar-refractivity contribution in [2.75, 3.05) is 57.2 Å². The van der Waals surface area contributed by atoms with Gasteiger partial charge in [-0.25, -0.2) is 19.3 Å². The van der Waals surface area contributed by atoms with Crippen molar-refractivity contribution >= 4 is 35.0 Å². The Labute approximate surface area is 394 Å². The number of aromatic nitrogens is 6. The summed E-state index contributed by atoms with van der Waals surface area (Å²) in [5.74, 6) is 12.1. The average molecular weight is 914 g/mol. The van der Waals surface area contributed by atoms with Crippen molar-refractivity contribution in [1.82, 2.24) is 45.1 Å². The van der Waals surface area contributed by atoms with Crippen molar-refractivity contribution < 1.29 is 28.7 Å². The Kier molecular flexibility index (Phi) is 14.8. The van der Waals surface area contributed by atoms with E-state index in [1.54, 1.807) is 35.6 Å². The number of hydrogen-bond donors (Lipinski definition) is 2. The molecule has 2 aromatic heterocycles. The van der Waals surface area contributed by atoms with E-state index < -0.39 is 23.9 Å². The summed E-state index contributed by atoms with van der Waals surface area (Å²) in [6, 6.07) is 28.5. The highest BCUT2D eigenvalue weighted by atomic mass is 16.5. The zero-order valence-corrected chi connectivity index (χ0v) is 38.1. The normalized spacial score (nSPS) is 15.3. The quantitative estimate of drug-likeness (QED) is 0.118. The lowest BCUT2D eigenvalue weighted by molar-refractivity contribution is -0.121. The van der Waals surface area contributed by atoms with Gasteiger partial charge in [0.25, 0.3) is 23.6 Å². The number of likely N-dealkylation sites (N-methyl/N-ethyl adjacent to an activating group) is 2. The number of carbonyl (C=O) groups is 4. The number of anilines is 2. The molecule has 17 nitrogen and oxygen atoms in total. The first-order chi connectivity index (χ1) is 33.1. The molecule has 2 aliphatic heterocycles. The number of ether oxygens (including phenoxy) is 2. The summed E-state index contributed by atoms with van der Waals surface area (Å²) in [5.41, 5.74) is 4.68. The summed E-state index contributed by atoms with van der Waals surface area (Å²) in [7, 11) is 5.38. The molecule has 8 rings (SSSR count). The van der Waals surface area contributed by atoms with Crippen LogP contribution in [0.4, 0.5) is 11.4 Å². The van der Waals surface area contributed by atoms with E-state index in [-0.39, 0.29) is 36.7 Å². The molecule has 0 radical (unpaired) electrons. The first-order valence-electron chi connectivity index (χ1n) is 22.3. The number of benzene rings is 4. The first kappa shape index (κ1) is 46.3. The van der Waals surface area contributed by atoms with E-state index in [0.717, 1.165) is 48.2 Å². The number of hydrogen-bond acceptors (Lipinski definition) is 11. The van der Waals surface area contributed by atoms with Gasteiger partial charge in [0.15, 0.2) is 0 Å². The van der Waals surface area contributed by atoms with Gasteiger partial charge < -0.3 is 34.8 Å². The third kappa shape index (κ3) is 11.7. The molecule has 346 valence electrons. The molecule has 0 spiro atoms. The lowest BCUT2D eigenvalue weighted by atomic mass is 10.1. The lowest BCUT2D eigenvalue weighted by Gasteiger charge is -2.20. The van der Waals surface area contributed by atoms with Gasteiger partial charge >= 0.3 is 0 Å². The van der Waals surface area contributed by atoms with E-state index in [1.165, 1.54) is 22.5 Å². The van der Waals surface area contributed by atoms with Crippen molar-refractivity contribution in [2.24, 2.45) is 0 Å². The fraction of sp³-hybridized carbons (Fsp3) is 0.294. The number of rotatable bonds is 14. The van der Waals surface area contributed by atoms with Crippen LogP contribution in [-0.4, -0.2) is 118 Å². The monoisotopic (exact) mass is 913 g/mol. The fourth-order valence-corrected chi connectivity index (χ4v) is 7.61. The molecular weight excluding hydrogens is 863 g/mol. The predicted octanol–water partition coefficient (Wildman–Crippen LogP) is 4.17. The van der Waals surface area contributed by atoms with Gasteiger partial charge in [-0.05, 0) is 80.5 Å². The molecule has 4 aromatic carbocycles. The van der Waals surface area contributed by atoms with Crippen LogP contribution in [0.3, 0.4) is 0 Å². The molecule has 6 aromatic rings. The van der Waals surface area contributed by atoms with Gasteiger partial charge in [-0.15, -0.1) is 10.2 Å². The van der Waals surface area contributed by atoms with Crippen LogP contribution in [0.25, 0.3) is 0 Å². The summed E-state index contributed by atoms with van der Waals surface area (Å²) in [4.78, 5) is 66.5. The van der Waals surface area contributed by atoms with Crippen LogP contribution in [0.2, 0.25) is 0 Å². The van der Waals surface area contributed by atoms with Gasteiger partial charge in [-0.1, -0.05) is 84.3 Å². The van der Waals surface area contributed by atoms with Gasteiger partial charge in [0.1, 0.15) is 49.5 Å². The minimum Gasteiger partial charge on any atom is -0.489 e. The van der Waals surface area contributed by atoms with Crippen LogP contribution in [-0.2, 0) is 22.7 Å². The van der Waals surface area contributed by atoms with Crippen LogP contribution in [0.5, 0.6) is 11.5 Å². The van der Waals surface area contributed by atoms with Gasteiger partial charge in [0.2, 0.25) is 11.6 Å². The second-order valence-electron chi connectivity index (χ2n) is 16.5. The van der Waals surface area contributed by atoms with Crippen LogP contribution in [0.15, 0.2) is 110 Å². The van der Waals surface area contributed by atoms with E-state index in [9.17, 15) is 19.2 Å². The predicted molar refractivity (Wildman–Crippen MR) is 254 cm³/mol. The van der Waals surface area contributed by atoms with E-state index in [0.29, 0.717) is 48.8 Å². The summed E-state index contributed by atoms with van der Waals surface area (Å²) < 4.78 is 15.1. The summed E-state index contributed by atoms with van der Waals surface area (Å²) >= 11 is 0. The molecule has 2 atom stereocenters. The standard InChI is InChI=1S/C51H51N11O6/c1-58(26-14-6-12-16-36-22-24-44-42(28-36)59(2)50(65)40(32-67-44)54-48(63)46-52-34-61(56-46)30-38-18-8-4-9-19-38)27-15-7-13-17-37-23-25-45-43(29-37)60(3)51(66)41(33-68-45)55-49(64)47-53-35-62(57-47)31-39-20-10-5-11-21-39/h4-5,8-11,18-25,28-29,34-35,40-41H,6-7,14-15,26-27,30-33H2,1-3H3,(H,54,63)(H,55,64)/t40-,41-/m0/s1. The fourth-order valence-electron chi connectivity index (χ4n) is 7.61. The molecule has 2 aliphatic rings. The number of nitrogens with zero attached hydrogens (tertiary/aromatic N) is 9. The highest BCUT2D eigenvalue weighted by molar-refractivity contribution is 6.03. The van der Waals surface area contributed by atoms with E-state index in [2.05, 4.69) is 66.4 Å². The Hall–Kier alpha value is -8.28. The number of carbonyl (C=O) groups excluding carboxylic acids is 4. The first-order valence-corrected chi connectivity index (χ1v) is 22.3. The molecule has 4 amide bonds. The van der Waals surface area contributed by atoms with Crippen LogP contribution < -0.4 is 29.9 Å². The molecule has 0 aliphatic carbocycles. The lowest BCUT2D eigenvalue weighted by Crippen LogP contribution is -2.49. The Morgan fingerprint density at radius 3 is 1.50 bits per heavy atom. The van der Waals surface area contributed by atoms with Crippen LogP contribution >= 0.6 is 0 Å². The Morgan fingerprint density at radius 1 is 0.647 bits per heavy atom. The molecule has 0 bridgehead atoms. The SMILES string of the molecule is CN(CCCC#Cc1ccc2c(c1)N(C)C(=O)[C@@H](NC(=O)c1ncn(Cc3ccccc3)n1)CO2)CCCC#Cc1ccc2c(c1)N(C)C(=O)[C@@H](NC(=O)c1ncn(Cc3ccccc3)n1)CO2. The van der Waals surface area contributed by atoms with Gasteiger partial charge in [-0.2, -0.15) is 0 Å². The van der Waals surface area contributed by atoms with E-state index in [4.69, 9.17) is 9.47 Å². The van der Waals surface area contributed by atoms with Crippen molar-refractivity contribution in [3.63, 3.8) is 0 Å². The minimum atomic E-state index is -0.934. The molecule has 0 unspecified atom stereocenters. The highest BCUT2D eigenvalue weighted by Gasteiger charge is 2.33. The maximum Gasteiger partial charge on any atom is 0.291 e. The summed E-state index contributed by atoms with van der Waals surface area (Å²) in [6.07, 6.45) is 6.13. The van der Waals surface area contributed by atoms with Crippen molar-refractivity contribution in [2.45, 2.75) is 50.9 Å². The Bertz CT molecular complexity index is 2700. The topological polar surface area (TPSA) is 182 Å². The minimum absolute atomic E-state index is 0.0316. The molecule has 2 N–H and O–H groups in total. The number of amides is 4. The second kappa shape index (κ2) is 21.8. The number of unbranched alkanes of at least 4 members (excludes halogenated alkanes) is 2. The smallest absolute Gasteiger partial charge is 0.291 e. The maximum absolute atomic E-state index is 13.5.